The monoisotopic (exact) mass is 248 g/mol. The van der Waals surface area contributed by atoms with E-state index in [-0.39, 0.29) is 12.1 Å². The molecule has 0 aliphatic heterocycles. The van der Waals surface area contributed by atoms with Crippen LogP contribution >= 0.6 is 0 Å². The van der Waals surface area contributed by atoms with Crippen molar-refractivity contribution in [2.24, 2.45) is 0 Å². The molecule has 98 valence electrons. The minimum absolute atomic E-state index is 0.0321. The molecule has 2 atom stereocenters. The van der Waals surface area contributed by atoms with Crippen LogP contribution in [-0.4, -0.2) is 19.2 Å². The van der Waals surface area contributed by atoms with Gasteiger partial charge in [0.2, 0.25) is 0 Å². The van der Waals surface area contributed by atoms with Crippen LogP contribution in [0.5, 0.6) is 5.75 Å². The Morgan fingerprint density at radius 3 is 2.44 bits per heavy atom. The van der Waals surface area contributed by atoms with Crippen LogP contribution in [0.4, 0.5) is 0 Å². The van der Waals surface area contributed by atoms with Gasteiger partial charge in [0, 0.05) is 12.8 Å². The number of carbonyl (C=O) groups is 1. The van der Waals surface area contributed by atoms with E-state index in [4.69, 9.17) is 9.47 Å². The Morgan fingerprint density at radius 1 is 1.17 bits per heavy atom. The van der Waals surface area contributed by atoms with Gasteiger partial charge in [0.25, 0.3) is 0 Å². The largest absolute Gasteiger partial charge is 0.497 e. The molecule has 0 heterocycles. The molecule has 0 saturated heterocycles. The number of carbonyl (C=O) groups excluding carboxylic acids is 1. The number of hydrogen-bond donors (Lipinski definition) is 0. The molecule has 0 aromatic heterocycles. The highest BCUT2D eigenvalue weighted by atomic mass is 16.5. The van der Waals surface area contributed by atoms with Crippen molar-refractivity contribution in [1.29, 1.82) is 0 Å². The number of methoxy groups -OCH3 is 1. The van der Waals surface area contributed by atoms with Crippen molar-refractivity contribution in [1.82, 2.24) is 0 Å². The van der Waals surface area contributed by atoms with E-state index in [1.54, 1.807) is 7.11 Å². The van der Waals surface area contributed by atoms with Gasteiger partial charge < -0.3 is 9.47 Å². The van der Waals surface area contributed by atoms with E-state index in [0.717, 1.165) is 25.0 Å². The predicted octanol–water partition coefficient (Wildman–Crippen LogP) is 3.28. The summed E-state index contributed by atoms with van der Waals surface area (Å²) in [4.78, 5) is 11.1. The maximum atomic E-state index is 11.1. The molecule has 3 nitrogen and oxygen atoms in total. The van der Waals surface area contributed by atoms with Crippen LogP contribution in [-0.2, 0) is 9.53 Å². The zero-order valence-corrected chi connectivity index (χ0v) is 11.0. The van der Waals surface area contributed by atoms with Crippen LogP contribution in [0.3, 0.4) is 0 Å². The summed E-state index contributed by atoms with van der Waals surface area (Å²) in [5, 5.41) is 0. The molecule has 0 spiro atoms. The maximum Gasteiger partial charge on any atom is 0.302 e. The van der Waals surface area contributed by atoms with Crippen molar-refractivity contribution in [3.05, 3.63) is 29.8 Å². The van der Waals surface area contributed by atoms with Gasteiger partial charge in [-0.1, -0.05) is 18.6 Å². The molecule has 1 aliphatic carbocycles. The molecule has 0 amide bonds. The van der Waals surface area contributed by atoms with Crippen molar-refractivity contribution >= 4 is 5.97 Å². The first-order valence-corrected chi connectivity index (χ1v) is 6.52. The predicted molar refractivity (Wildman–Crippen MR) is 69.8 cm³/mol. The standard InChI is InChI=1S/C15H20O3/c1-11(16)18-15-6-4-3-5-14(15)12-7-9-13(17-2)10-8-12/h7-10,14-15H,3-6H2,1-2H3/t14-,15+/m1/s1. The van der Waals surface area contributed by atoms with Gasteiger partial charge in [-0.25, -0.2) is 0 Å². The van der Waals surface area contributed by atoms with E-state index in [0.29, 0.717) is 5.92 Å². The van der Waals surface area contributed by atoms with Crippen LogP contribution in [0.2, 0.25) is 0 Å². The molecule has 1 aliphatic rings. The molecule has 0 unspecified atom stereocenters. The van der Waals surface area contributed by atoms with Gasteiger partial charge in [0.15, 0.2) is 0 Å². The number of hydrogen-bond acceptors (Lipinski definition) is 3. The first kappa shape index (κ1) is 12.9. The topological polar surface area (TPSA) is 35.5 Å². The lowest BCUT2D eigenvalue weighted by molar-refractivity contribution is -0.148. The van der Waals surface area contributed by atoms with Gasteiger partial charge in [-0.05, 0) is 37.0 Å². The third-order valence-electron chi connectivity index (χ3n) is 3.56. The van der Waals surface area contributed by atoms with Gasteiger partial charge in [-0.2, -0.15) is 0 Å². The molecule has 0 radical (unpaired) electrons. The molecule has 1 aromatic rings. The molecule has 0 N–H and O–H groups in total. The molecule has 3 heteroatoms. The molecular formula is C15H20O3. The average Bonchev–Trinajstić information content (AvgIpc) is 2.39. The van der Waals surface area contributed by atoms with Crippen molar-refractivity contribution in [2.75, 3.05) is 7.11 Å². The van der Waals surface area contributed by atoms with Crippen LogP contribution in [0.25, 0.3) is 0 Å². The Bertz CT molecular complexity index is 397. The fourth-order valence-corrected chi connectivity index (χ4v) is 2.68. The molecule has 1 fully saturated rings. The van der Waals surface area contributed by atoms with Crippen LogP contribution in [0, 0.1) is 0 Å². The van der Waals surface area contributed by atoms with E-state index in [9.17, 15) is 4.79 Å². The lowest BCUT2D eigenvalue weighted by atomic mass is 9.81. The third-order valence-corrected chi connectivity index (χ3v) is 3.56. The van der Waals surface area contributed by atoms with Crippen molar-refractivity contribution < 1.29 is 14.3 Å². The van der Waals surface area contributed by atoms with Gasteiger partial charge >= 0.3 is 5.97 Å². The quantitative estimate of drug-likeness (QED) is 0.770. The van der Waals surface area contributed by atoms with Crippen molar-refractivity contribution in [3.63, 3.8) is 0 Å². The smallest absolute Gasteiger partial charge is 0.302 e. The second-order valence-electron chi connectivity index (χ2n) is 4.81. The third kappa shape index (κ3) is 3.03. The number of benzene rings is 1. The van der Waals surface area contributed by atoms with Gasteiger partial charge in [-0.3, -0.25) is 4.79 Å². The number of rotatable bonds is 3. The summed E-state index contributed by atoms with van der Waals surface area (Å²) in [5.74, 6) is 1.01. The molecule has 1 aromatic carbocycles. The second-order valence-corrected chi connectivity index (χ2v) is 4.81. The summed E-state index contributed by atoms with van der Waals surface area (Å²) in [6.07, 6.45) is 4.43. The average molecular weight is 248 g/mol. The summed E-state index contributed by atoms with van der Waals surface area (Å²) in [5.41, 5.74) is 1.24. The van der Waals surface area contributed by atoms with Crippen LogP contribution in [0.15, 0.2) is 24.3 Å². The van der Waals surface area contributed by atoms with E-state index < -0.39 is 0 Å². The first-order valence-electron chi connectivity index (χ1n) is 6.52. The minimum atomic E-state index is -0.180. The molecule has 18 heavy (non-hydrogen) atoms. The van der Waals surface area contributed by atoms with E-state index in [1.807, 2.05) is 12.1 Å². The lowest BCUT2D eigenvalue weighted by Gasteiger charge is -2.31. The lowest BCUT2D eigenvalue weighted by Crippen LogP contribution is -2.27. The Labute approximate surface area is 108 Å². The number of esters is 1. The fourth-order valence-electron chi connectivity index (χ4n) is 2.68. The highest BCUT2D eigenvalue weighted by Gasteiger charge is 2.28. The fraction of sp³-hybridized carbons (Fsp3) is 0.533. The van der Waals surface area contributed by atoms with Crippen molar-refractivity contribution in [3.8, 4) is 5.75 Å². The second kappa shape index (κ2) is 5.89. The first-order chi connectivity index (χ1) is 8.70. The summed E-state index contributed by atoms with van der Waals surface area (Å²) >= 11 is 0. The van der Waals surface area contributed by atoms with Crippen LogP contribution < -0.4 is 4.74 Å². The summed E-state index contributed by atoms with van der Waals surface area (Å²) in [6.45, 7) is 1.49. The Morgan fingerprint density at radius 2 is 1.83 bits per heavy atom. The van der Waals surface area contributed by atoms with Crippen LogP contribution in [0.1, 0.15) is 44.1 Å². The van der Waals surface area contributed by atoms with Gasteiger partial charge in [-0.15, -0.1) is 0 Å². The Hall–Kier alpha value is -1.51. The zero-order valence-electron chi connectivity index (χ0n) is 11.0. The summed E-state index contributed by atoms with van der Waals surface area (Å²) < 4.78 is 10.6. The molecule has 2 rings (SSSR count). The van der Waals surface area contributed by atoms with Crippen molar-refractivity contribution in [2.45, 2.75) is 44.6 Å². The SMILES string of the molecule is COc1ccc([C@H]2CCCC[C@@H]2OC(C)=O)cc1. The van der Waals surface area contributed by atoms with E-state index >= 15 is 0 Å². The Kier molecular flexibility index (Phi) is 4.24. The molecular weight excluding hydrogens is 228 g/mol. The minimum Gasteiger partial charge on any atom is -0.497 e. The molecule has 0 bridgehead atoms. The highest BCUT2D eigenvalue weighted by Crippen LogP contribution is 2.35. The van der Waals surface area contributed by atoms with E-state index in [1.165, 1.54) is 18.9 Å². The summed E-state index contributed by atoms with van der Waals surface area (Å²) in [6, 6.07) is 8.08. The maximum absolute atomic E-state index is 11.1. The van der Waals surface area contributed by atoms with Gasteiger partial charge in [0.05, 0.1) is 7.11 Å². The van der Waals surface area contributed by atoms with E-state index in [2.05, 4.69) is 12.1 Å². The number of ether oxygens (including phenoxy) is 2. The Balaban J connectivity index is 2.13. The summed E-state index contributed by atoms with van der Waals surface area (Å²) in [7, 11) is 1.66. The highest BCUT2D eigenvalue weighted by molar-refractivity contribution is 5.66. The molecule has 1 saturated carbocycles. The van der Waals surface area contributed by atoms with Gasteiger partial charge in [0.1, 0.15) is 11.9 Å². The normalized spacial score (nSPS) is 23.4. The zero-order chi connectivity index (χ0) is 13.0.